The van der Waals surface area contributed by atoms with Crippen LogP contribution in [0.3, 0.4) is 0 Å². The molecule has 0 saturated carbocycles. The lowest BCUT2D eigenvalue weighted by molar-refractivity contribution is -0.115. The Bertz CT molecular complexity index is 589. The summed E-state index contributed by atoms with van der Waals surface area (Å²) < 4.78 is 0. The van der Waals surface area contributed by atoms with E-state index in [1.165, 1.54) is 12.8 Å². The van der Waals surface area contributed by atoms with E-state index < -0.39 is 0 Å². The highest BCUT2D eigenvalue weighted by molar-refractivity contribution is 5.92. The highest BCUT2D eigenvalue weighted by Gasteiger charge is 2.13. The Morgan fingerprint density at radius 1 is 1.10 bits per heavy atom. The van der Waals surface area contributed by atoms with Gasteiger partial charge in [-0.25, -0.2) is 4.98 Å². The minimum absolute atomic E-state index is 0.0167. The largest absolute Gasteiger partial charge is 0.357 e. The molecule has 1 aliphatic rings. The molecule has 0 unspecified atom stereocenters. The third-order valence-electron chi connectivity index (χ3n) is 3.67. The molecule has 1 fully saturated rings. The number of amides is 1. The molecule has 1 aliphatic heterocycles. The number of hydrogen-bond acceptors (Lipinski definition) is 3. The summed E-state index contributed by atoms with van der Waals surface area (Å²) in [4.78, 5) is 18.7. The molecule has 1 N–H and O–H groups in total. The maximum absolute atomic E-state index is 12.0. The van der Waals surface area contributed by atoms with Crippen LogP contribution in [-0.4, -0.2) is 24.0 Å². The van der Waals surface area contributed by atoms with Gasteiger partial charge in [0.05, 0.1) is 18.3 Å². The lowest BCUT2D eigenvalue weighted by Crippen LogP contribution is -2.19. The van der Waals surface area contributed by atoms with E-state index in [0.29, 0.717) is 6.42 Å². The van der Waals surface area contributed by atoms with Crippen LogP contribution in [0.5, 0.6) is 0 Å². The predicted molar refractivity (Wildman–Crippen MR) is 84.5 cm³/mol. The van der Waals surface area contributed by atoms with Crippen molar-refractivity contribution in [3.63, 3.8) is 0 Å². The van der Waals surface area contributed by atoms with E-state index in [0.717, 1.165) is 30.2 Å². The molecule has 1 saturated heterocycles. The van der Waals surface area contributed by atoms with Crippen LogP contribution in [0.25, 0.3) is 0 Å². The second-order valence-electron chi connectivity index (χ2n) is 5.31. The number of carbonyl (C=O) groups is 1. The first-order valence-electron chi connectivity index (χ1n) is 7.36. The summed E-state index contributed by atoms with van der Waals surface area (Å²) in [5.41, 5.74) is 1.76. The quantitative estimate of drug-likeness (QED) is 0.937. The number of rotatable bonds is 4. The monoisotopic (exact) mass is 281 g/mol. The molecule has 0 spiro atoms. The van der Waals surface area contributed by atoms with Gasteiger partial charge >= 0.3 is 0 Å². The summed E-state index contributed by atoms with van der Waals surface area (Å²) in [6.45, 7) is 2.15. The maximum Gasteiger partial charge on any atom is 0.228 e. The van der Waals surface area contributed by atoms with Crippen molar-refractivity contribution in [1.29, 1.82) is 0 Å². The van der Waals surface area contributed by atoms with Gasteiger partial charge in [-0.1, -0.05) is 30.3 Å². The second kappa shape index (κ2) is 6.39. The minimum atomic E-state index is -0.0167. The summed E-state index contributed by atoms with van der Waals surface area (Å²) in [5, 5.41) is 2.89. The fourth-order valence-electron chi connectivity index (χ4n) is 2.58. The minimum Gasteiger partial charge on any atom is -0.357 e. The van der Waals surface area contributed by atoms with Crippen LogP contribution in [0, 0.1) is 0 Å². The Morgan fingerprint density at radius 3 is 2.52 bits per heavy atom. The predicted octanol–water partition coefficient (Wildman–Crippen LogP) is 2.86. The molecule has 2 aromatic rings. The Balaban J connectivity index is 1.58. The van der Waals surface area contributed by atoms with Gasteiger partial charge in [-0.2, -0.15) is 0 Å². The van der Waals surface area contributed by atoms with Gasteiger partial charge in [0.15, 0.2) is 0 Å². The molecular weight excluding hydrogens is 262 g/mol. The van der Waals surface area contributed by atoms with Crippen molar-refractivity contribution >= 4 is 17.4 Å². The second-order valence-corrected chi connectivity index (χ2v) is 5.31. The fourth-order valence-corrected chi connectivity index (χ4v) is 2.58. The number of aromatic nitrogens is 1. The fraction of sp³-hybridized carbons (Fsp3) is 0.294. The molecule has 0 atom stereocenters. The number of nitrogens with one attached hydrogen (secondary N) is 1. The Hall–Kier alpha value is -2.36. The van der Waals surface area contributed by atoms with Gasteiger partial charge in [0.25, 0.3) is 0 Å². The van der Waals surface area contributed by atoms with Crippen LogP contribution in [0.4, 0.5) is 11.5 Å². The average molecular weight is 281 g/mol. The van der Waals surface area contributed by atoms with Crippen LogP contribution in [0.15, 0.2) is 48.7 Å². The van der Waals surface area contributed by atoms with Crippen molar-refractivity contribution in [2.75, 3.05) is 23.3 Å². The van der Waals surface area contributed by atoms with E-state index in [-0.39, 0.29) is 5.91 Å². The number of benzene rings is 1. The topological polar surface area (TPSA) is 45.2 Å². The van der Waals surface area contributed by atoms with Gasteiger partial charge in [0.2, 0.25) is 5.91 Å². The first-order chi connectivity index (χ1) is 10.3. The first-order valence-corrected chi connectivity index (χ1v) is 7.36. The van der Waals surface area contributed by atoms with Gasteiger partial charge < -0.3 is 10.2 Å². The third kappa shape index (κ3) is 3.60. The van der Waals surface area contributed by atoms with E-state index in [4.69, 9.17) is 0 Å². The smallest absolute Gasteiger partial charge is 0.228 e. The summed E-state index contributed by atoms with van der Waals surface area (Å²) in [6, 6.07) is 13.6. The van der Waals surface area contributed by atoms with E-state index >= 15 is 0 Å². The lowest BCUT2D eigenvalue weighted by atomic mass is 10.1. The molecule has 21 heavy (non-hydrogen) atoms. The molecule has 3 rings (SSSR count). The molecule has 1 aromatic heterocycles. The van der Waals surface area contributed by atoms with Crippen LogP contribution < -0.4 is 10.2 Å². The van der Waals surface area contributed by atoms with Gasteiger partial charge in [-0.05, 0) is 30.5 Å². The number of nitrogens with zero attached hydrogens (tertiary/aromatic N) is 2. The average Bonchev–Trinajstić information content (AvgIpc) is 3.03. The number of anilines is 2. The zero-order valence-corrected chi connectivity index (χ0v) is 12.0. The molecular formula is C17H19N3O. The van der Waals surface area contributed by atoms with Crippen molar-refractivity contribution in [1.82, 2.24) is 4.98 Å². The first kappa shape index (κ1) is 13.6. The number of hydrogen-bond donors (Lipinski definition) is 1. The van der Waals surface area contributed by atoms with Crippen molar-refractivity contribution in [2.45, 2.75) is 19.3 Å². The molecule has 1 amide bonds. The van der Waals surface area contributed by atoms with E-state index in [9.17, 15) is 4.79 Å². The molecule has 4 nitrogen and oxygen atoms in total. The number of pyridine rings is 1. The van der Waals surface area contributed by atoms with Crippen LogP contribution in [0.2, 0.25) is 0 Å². The van der Waals surface area contributed by atoms with Gasteiger partial charge in [0, 0.05) is 13.1 Å². The Morgan fingerprint density at radius 2 is 1.86 bits per heavy atom. The van der Waals surface area contributed by atoms with E-state index in [1.54, 1.807) is 6.20 Å². The lowest BCUT2D eigenvalue weighted by Gasteiger charge is -2.16. The van der Waals surface area contributed by atoms with Crippen molar-refractivity contribution in [3.8, 4) is 0 Å². The van der Waals surface area contributed by atoms with E-state index in [2.05, 4.69) is 15.2 Å². The summed E-state index contributed by atoms with van der Waals surface area (Å²) >= 11 is 0. The van der Waals surface area contributed by atoms with Crippen molar-refractivity contribution in [3.05, 3.63) is 54.2 Å². The molecule has 0 aliphatic carbocycles. The van der Waals surface area contributed by atoms with Gasteiger partial charge in [0.1, 0.15) is 5.82 Å². The third-order valence-corrected chi connectivity index (χ3v) is 3.67. The number of carbonyl (C=O) groups excluding carboxylic acids is 1. The van der Waals surface area contributed by atoms with Crippen LogP contribution >= 0.6 is 0 Å². The molecule has 1 aromatic carbocycles. The molecule has 2 heterocycles. The van der Waals surface area contributed by atoms with E-state index in [1.807, 2.05) is 42.5 Å². The highest BCUT2D eigenvalue weighted by Crippen LogP contribution is 2.19. The summed E-state index contributed by atoms with van der Waals surface area (Å²) in [5.74, 6) is 0.977. The maximum atomic E-state index is 12.0. The van der Waals surface area contributed by atoms with Crippen LogP contribution in [-0.2, 0) is 11.2 Å². The normalized spacial score (nSPS) is 14.2. The highest BCUT2D eigenvalue weighted by atomic mass is 16.1. The Labute approximate surface area is 124 Å². The van der Waals surface area contributed by atoms with Crippen molar-refractivity contribution < 1.29 is 4.79 Å². The van der Waals surface area contributed by atoms with Crippen molar-refractivity contribution in [2.24, 2.45) is 0 Å². The molecule has 0 bridgehead atoms. The SMILES string of the molecule is O=C(Cc1ccccc1)Nc1ccc(N2CCCC2)nc1. The zero-order valence-electron chi connectivity index (χ0n) is 12.0. The summed E-state index contributed by atoms with van der Waals surface area (Å²) in [6.07, 6.45) is 4.58. The van der Waals surface area contributed by atoms with Crippen LogP contribution in [0.1, 0.15) is 18.4 Å². The standard InChI is InChI=1S/C17H19N3O/c21-17(12-14-6-2-1-3-7-14)19-15-8-9-16(18-13-15)20-10-4-5-11-20/h1-3,6-9,13H,4-5,10-12H2,(H,19,21). The molecule has 0 radical (unpaired) electrons. The Kier molecular flexibility index (Phi) is 4.15. The molecule has 108 valence electrons. The van der Waals surface area contributed by atoms with Gasteiger partial charge in [-0.15, -0.1) is 0 Å². The summed E-state index contributed by atoms with van der Waals surface area (Å²) in [7, 11) is 0. The van der Waals surface area contributed by atoms with Gasteiger partial charge in [-0.3, -0.25) is 4.79 Å². The molecule has 4 heteroatoms. The zero-order chi connectivity index (χ0) is 14.5.